The molecule has 0 bridgehead atoms. The molecule has 104 valence electrons. The zero-order chi connectivity index (χ0) is 14.0. The molecular weight excluding hydrogens is 268 g/mol. The predicted octanol–water partition coefficient (Wildman–Crippen LogP) is 2.24. The molecule has 1 fully saturated rings. The van der Waals surface area contributed by atoms with Gasteiger partial charge in [0.1, 0.15) is 0 Å². The van der Waals surface area contributed by atoms with Gasteiger partial charge >= 0.3 is 5.97 Å². The number of nitrogens with zero attached hydrogens (tertiary/aromatic N) is 1. The summed E-state index contributed by atoms with van der Waals surface area (Å²) >= 11 is 6.21. The number of nitrogens with two attached hydrogens (primary N) is 1. The summed E-state index contributed by atoms with van der Waals surface area (Å²) in [5.74, 6) is -1.02. The molecular formula is C13H17ClN2O3. The topological polar surface area (TPSA) is 75.8 Å². The molecule has 19 heavy (non-hydrogen) atoms. The molecule has 0 aliphatic carbocycles. The zero-order valence-electron chi connectivity index (χ0n) is 10.7. The van der Waals surface area contributed by atoms with Crippen LogP contribution in [-0.2, 0) is 4.74 Å². The van der Waals surface area contributed by atoms with Crippen LogP contribution in [0.25, 0.3) is 0 Å². The first-order valence-corrected chi connectivity index (χ1v) is 6.59. The van der Waals surface area contributed by atoms with Gasteiger partial charge in [0.05, 0.1) is 35.5 Å². The molecule has 0 spiro atoms. The fourth-order valence-electron chi connectivity index (χ4n) is 2.36. The third kappa shape index (κ3) is 2.77. The Hall–Kier alpha value is -1.46. The van der Waals surface area contributed by atoms with Gasteiger partial charge in [0.2, 0.25) is 0 Å². The van der Waals surface area contributed by atoms with Crippen LogP contribution in [0.4, 0.5) is 11.4 Å². The van der Waals surface area contributed by atoms with Crippen molar-refractivity contribution >= 4 is 28.9 Å². The van der Waals surface area contributed by atoms with Gasteiger partial charge in [-0.15, -0.1) is 0 Å². The Bertz CT molecular complexity index is 493. The van der Waals surface area contributed by atoms with Crippen LogP contribution >= 0.6 is 11.6 Å². The van der Waals surface area contributed by atoms with Crippen LogP contribution in [0, 0.1) is 0 Å². The minimum absolute atomic E-state index is 0.132. The third-order valence-electron chi connectivity index (χ3n) is 3.30. The van der Waals surface area contributed by atoms with Crippen LogP contribution in [-0.4, -0.2) is 36.9 Å². The third-order valence-corrected chi connectivity index (χ3v) is 3.59. The number of benzene rings is 1. The van der Waals surface area contributed by atoms with E-state index in [4.69, 9.17) is 22.1 Å². The minimum Gasteiger partial charge on any atom is -0.478 e. The van der Waals surface area contributed by atoms with Crippen molar-refractivity contribution in [3.63, 3.8) is 0 Å². The van der Waals surface area contributed by atoms with Gasteiger partial charge in [-0.3, -0.25) is 0 Å². The molecule has 1 aromatic carbocycles. The number of halogens is 1. The number of rotatable bonds is 3. The molecule has 3 N–H and O–H groups in total. The minimum atomic E-state index is -1.02. The summed E-state index contributed by atoms with van der Waals surface area (Å²) in [4.78, 5) is 13.4. The maximum absolute atomic E-state index is 11.4. The van der Waals surface area contributed by atoms with E-state index in [1.165, 1.54) is 6.07 Å². The maximum atomic E-state index is 11.4. The quantitative estimate of drug-likeness (QED) is 0.833. The summed E-state index contributed by atoms with van der Waals surface area (Å²) in [7, 11) is 0. The van der Waals surface area contributed by atoms with Gasteiger partial charge in [0.25, 0.3) is 0 Å². The van der Waals surface area contributed by atoms with Crippen molar-refractivity contribution < 1.29 is 14.6 Å². The normalized spacial score (nSPS) is 19.5. The molecule has 1 heterocycles. The molecule has 1 atom stereocenters. The van der Waals surface area contributed by atoms with Gasteiger partial charge in [-0.25, -0.2) is 4.79 Å². The standard InChI is InChI=1S/C13H17ClN2O3/c1-2-9-7-19-4-3-16(9)12-10(13(17)18)5-8(15)6-11(12)14/h5-6,9H,2-4,7,15H2,1H3,(H,17,18). The monoisotopic (exact) mass is 284 g/mol. The van der Waals surface area contributed by atoms with Crippen LogP contribution < -0.4 is 10.6 Å². The van der Waals surface area contributed by atoms with E-state index in [2.05, 4.69) is 0 Å². The Labute approximate surface area is 116 Å². The molecule has 2 rings (SSSR count). The summed E-state index contributed by atoms with van der Waals surface area (Å²) in [5.41, 5.74) is 6.71. The first-order chi connectivity index (χ1) is 9.04. The average molecular weight is 285 g/mol. The fourth-order valence-corrected chi connectivity index (χ4v) is 2.70. The van der Waals surface area contributed by atoms with E-state index in [0.717, 1.165) is 6.42 Å². The largest absolute Gasteiger partial charge is 0.478 e. The Morgan fingerprint density at radius 3 is 3.00 bits per heavy atom. The number of anilines is 2. The number of hydrogen-bond acceptors (Lipinski definition) is 4. The summed E-state index contributed by atoms with van der Waals surface area (Å²) in [6.45, 7) is 3.81. The summed E-state index contributed by atoms with van der Waals surface area (Å²) < 4.78 is 5.43. The highest BCUT2D eigenvalue weighted by Gasteiger charge is 2.27. The maximum Gasteiger partial charge on any atom is 0.337 e. The van der Waals surface area contributed by atoms with E-state index in [0.29, 0.717) is 36.2 Å². The Morgan fingerprint density at radius 2 is 2.37 bits per heavy atom. The van der Waals surface area contributed by atoms with Gasteiger partial charge < -0.3 is 20.5 Å². The second-order valence-corrected chi connectivity index (χ2v) is 4.94. The molecule has 5 nitrogen and oxygen atoms in total. The summed E-state index contributed by atoms with van der Waals surface area (Å²) in [5, 5.41) is 9.70. The Kier molecular flexibility index (Phi) is 4.17. The van der Waals surface area contributed by atoms with Gasteiger partial charge in [0.15, 0.2) is 0 Å². The lowest BCUT2D eigenvalue weighted by molar-refractivity contribution is 0.0694. The summed E-state index contributed by atoms with van der Waals surface area (Å²) in [6, 6.07) is 3.17. The second kappa shape index (κ2) is 5.67. The lowest BCUT2D eigenvalue weighted by Gasteiger charge is -2.38. The van der Waals surface area contributed by atoms with Gasteiger partial charge in [-0.05, 0) is 18.6 Å². The van der Waals surface area contributed by atoms with Crippen molar-refractivity contribution in [2.45, 2.75) is 19.4 Å². The second-order valence-electron chi connectivity index (χ2n) is 4.53. The smallest absolute Gasteiger partial charge is 0.337 e. The average Bonchev–Trinajstić information content (AvgIpc) is 2.38. The van der Waals surface area contributed by atoms with Crippen LogP contribution in [0.15, 0.2) is 12.1 Å². The van der Waals surface area contributed by atoms with Crippen LogP contribution in [0.2, 0.25) is 5.02 Å². The Balaban J connectivity index is 2.50. The van der Waals surface area contributed by atoms with Crippen molar-refractivity contribution in [2.75, 3.05) is 30.4 Å². The van der Waals surface area contributed by atoms with E-state index < -0.39 is 5.97 Å². The number of ether oxygens (including phenoxy) is 1. The molecule has 1 saturated heterocycles. The van der Waals surface area contributed by atoms with Gasteiger partial charge in [-0.1, -0.05) is 18.5 Å². The van der Waals surface area contributed by atoms with Crippen molar-refractivity contribution in [3.8, 4) is 0 Å². The van der Waals surface area contributed by atoms with E-state index in [9.17, 15) is 9.90 Å². The van der Waals surface area contributed by atoms with Crippen molar-refractivity contribution in [1.29, 1.82) is 0 Å². The fraction of sp³-hybridized carbons (Fsp3) is 0.462. The number of carboxylic acid groups (broad SMARTS) is 1. The van der Waals surface area contributed by atoms with E-state index >= 15 is 0 Å². The Morgan fingerprint density at radius 1 is 1.63 bits per heavy atom. The number of aromatic carboxylic acids is 1. The highest BCUT2D eigenvalue weighted by atomic mass is 35.5. The van der Waals surface area contributed by atoms with E-state index in [-0.39, 0.29) is 11.6 Å². The first kappa shape index (κ1) is 14.0. The number of nitrogen functional groups attached to an aromatic ring is 1. The molecule has 0 radical (unpaired) electrons. The van der Waals surface area contributed by atoms with E-state index in [1.807, 2.05) is 11.8 Å². The van der Waals surface area contributed by atoms with Crippen molar-refractivity contribution in [3.05, 3.63) is 22.7 Å². The molecule has 1 aromatic rings. The van der Waals surface area contributed by atoms with Crippen LogP contribution in [0.3, 0.4) is 0 Å². The predicted molar refractivity (Wildman–Crippen MR) is 75.1 cm³/mol. The van der Waals surface area contributed by atoms with Crippen molar-refractivity contribution in [2.24, 2.45) is 0 Å². The molecule has 0 amide bonds. The number of carbonyl (C=O) groups is 1. The van der Waals surface area contributed by atoms with Crippen molar-refractivity contribution in [1.82, 2.24) is 0 Å². The molecule has 0 aromatic heterocycles. The lowest BCUT2D eigenvalue weighted by atomic mass is 10.1. The molecule has 1 aliphatic heterocycles. The van der Waals surface area contributed by atoms with Crippen LogP contribution in [0.1, 0.15) is 23.7 Å². The highest BCUT2D eigenvalue weighted by molar-refractivity contribution is 6.34. The molecule has 1 aliphatic rings. The molecule has 6 heteroatoms. The van der Waals surface area contributed by atoms with E-state index in [1.54, 1.807) is 6.07 Å². The highest BCUT2D eigenvalue weighted by Crippen LogP contribution is 2.35. The molecule has 1 unspecified atom stereocenters. The van der Waals surface area contributed by atoms with Crippen LogP contribution in [0.5, 0.6) is 0 Å². The van der Waals surface area contributed by atoms with Gasteiger partial charge in [0, 0.05) is 12.2 Å². The lowest BCUT2D eigenvalue weighted by Crippen LogP contribution is -2.46. The first-order valence-electron chi connectivity index (χ1n) is 6.21. The number of morpholine rings is 1. The number of hydrogen-bond donors (Lipinski definition) is 2. The SMILES string of the molecule is CCC1COCCN1c1c(Cl)cc(N)cc1C(=O)O. The van der Waals surface area contributed by atoms with Gasteiger partial charge in [-0.2, -0.15) is 0 Å². The number of carboxylic acids is 1. The summed E-state index contributed by atoms with van der Waals surface area (Å²) in [6.07, 6.45) is 0.861. The zero-order valence-corrected chi connectivity index (χ0v) is 11.5. The molecule has 0 saturated carbocycles.